The zero-order valence-corrected chi connectivity index (χ0v) is 10.0. The van der Waals surface area contributed by atoms with Crippen LogP contribution >= 0.6 is 0 Å². The molecule has 0 atom stereocenters. The number of hydrogen-bond donors (Lipinski definition) is 0. The van der Waals surface area contributed by atoms with Crippen LogP contribution in [0.5, 0.6) is 0 Å². The lowest BCUT2D eigenvalue weighted by Crippen LogP contribution is -2.20. The van der Waals surface area contributed by atoms with Crippen molar-refractivity contribution < 1.29 is 0 Å². The zero-order valence-electron chi connectivity index (χ0n) is 10.0. The van der Waals surface area contributed by atoms with Gasteiger partial charge in [-0.25, -0.2) is 4.98 Å². The summed E-state index contributed by atoms with van der Waals surface area (Å²) < 4.78 is 3.83. The summed E-state index contributed by atoms with van der Waals surface area (Å²) in [7, 11) is 0. The van der Waals surface area contributed by atoms with E-state index in [1.807, 2.05) is 24.7 Å². The van der Waals surface area contributed by atoms with E-state index in [-0.39, 0.29) is 5.56 Å². The van der Waals surface area contributed by atoms with Crippen molar-refractivity contribution in [2.24, 2.45) is 0 Å². The summed E-state index contributed by atoms with van der Waals surface area (Å²) in [6, 6.07) is 5.22. The van der Waals surface area contributed by atoms with Gasteiger partial charge in [0.1, 0.15) is 5.82 Å². The first-order chi connectivity index (χ1) is 8.31. The van der Waals surface area contributed by atoms with Gasteiger partial charge in [0, 0.05) is 44.2 Å². The molecule has 0 amide bonds. The predicted molar refractivity (Wildman–Crippen MR) is 66.9 cm³/mol. The Morgan fingerprint density at radius 3 is 2.76 bits per heavy atom. The minimum Gasteiger partial charge on any atom is -0.333 e. The topological polar surface area (TPSA) is 39.8 Å². The summed E-state index contributed by atoms with van der Waals surface area (Å²) in [6.07, 6.45) is 7.68. The highest BCUT2D eigenvalue weighted by Gasteiger charge is 2.01. The Morgan fingerprint density at radius 1 is 1.18 bits per heavy atom. The molecule has 0 saturated carbocycles. The van der Waals surface area contributed by atoms with Crippen LogP contribution in [0.25, 0.3) is 0 Å². The molecule has 2 aromatic rings. The van der Waals surface area contributed by atoms with Gasteiger partial charge in [-0.05, 0) is 12.5 Å². The van der Waals surface area contributed by atoms with Crippen LogP contribution in [0.4, 0.5) is 0 Å². The van der Waals surface area contributed by atoms with Crippen LogP contribution in [0.1, 0.15) is 19.2 Å². The third-order valence-electron chi connectivity index (χ3n) is 2.76. The van der Waals surface area contributed by atoms with Crippen LogP contribution in [0, 0.1) is 0 Å². The number of aryl methyl sites for hydroxylation is 3. The van der Waals surface area contributed by atoms with Crippen LogP contribution < -0.4 is 5.56 Å². The molecule has 0 bridgehead atoms. The molecule has 0 N–H and O–H groups in total. The third kappa shape index (κ3) is 2.84. The Hall–Kier alpha value is -1.84. The summed E-state index contributed by atoms with van der Waals surface area (Å²) in [5, 5.41) is 0. The largest absolute Gasteiger partial charge is 0.333 e. The molecule has 0 aliphatic heterocycles. The van der Waals surface area contributed by atoms with Gasteiger partial charge in [-0.3, -0.25) is 4.79 Å². The molecule has 0 fully saturated rings. The molecule has 0 aromatic carbocycles. The van der Waals surface area contributed by atoms with Gasteiger partial charge in [0.2, 0.25) is 0 Å². The van der Waals surface area contributed by atoms with Gasteiger partial charge in [-0.2, -0.15) is 0 Å². The van der Waals surface area contributed by atoms with Crippen LogP contribution in [0.15, 0.2) is 41.6 Å². The quantitative estimate of drug-likeness (QED) is 0.785. The summed E-state index contributed by atoms with van der Waals surface area (Å²) in [5.41, 5.74) is 0.0460. The maximum atomic E-state index is 11.5. The summed E-state index contributed by atoms with van der Waals surface area (Å²) in [5.74, 6) is 1.09. The zero-order chi connectivity index (χ0) is 12.1. The molecule has 0 unspecified atom stereocenters. The van der Waals surface area contributed by atoms with E-state index in [2.05, 4.69) is 16.5 Å². The second kappa shape index (κ2) is 5.48. The van der Waals surface area contributed by atoms with Crippen molar-refractivity contribution in [2.45, 2.75) is 32.9 Å². The Bertz CT molecular complexity index is 527. The first-order valence-corrected chi connectivity index (χ1v) is 5.96. The van der Waals surface area contributed by atoms with Crippen molar-refractivity contribution in [3.63, 3.8) is 0 Å². The third-order valence-corrected chi connectivity index (χ3v) is 2.76. The van der Waals surface area contributed by atoms with E-state index >= 15 is 0 Å². The number of imidazole rings is 1. The molecule has 0 aliphatic rings. The lowest BCUT2D eigenvalue weighted by Gasteiger charge is -2.08. The van der Waals surface area contributed by atoms with E-state index in [1.54, 1.807) is 16.7 Å². The van der Waals surface area contributed by atoms with E-state index in [4.69, 9.17) is 0 Å². The van der Waals surface area contributed by atoms with Crippen LogP contribution in [-0.4, -0.2) is 14.1 Å². The average molecular weight is 231 g/mol. The van der Waals surface area contributed by atoms with Gasteiger partial charge >= 0.3 is 0 Å². The highest BCUT2D eigenvalue weighted by molar-refractivity contribution is 4.95. The fourth-order valence-corrected chi connectivity index (χ4v) is 1.86. The number of hydrogen-bond acceptors (Lipinski definition) is 2. The van der Waals surface area contributed by atoms with E-state index in [9.17, 15) is 4.79 Å². The number of rotatable bonds is 5. The highest BCUT2D eigenvalue weighted by atomic mass is 16.1. The first-order valence-electron chi connectivity index (χ1n) is 5.96. The van der Waals surface area contributed by atoms with Crippen LogP contribution in [-0.2, 0) is 19.5 Å². The van der Waals surface area contributed by atoms with Crippen molar-refractivity contribution >= 4 is 0 Å². The standard InChI is InChI=1S/C13H17N3O/c1-2-5-12-14-7-9-15(12)10-11-16-8-4-3-6-13(16)17/h3-4,6-9H,2,5,10-11H2,1H3. The maximum absolute atomic E-state index is 11.5. The van der Waals surface area contributed by atoms with E-state index < -0.39 is 0 Å². The Kier molecular flexibility index (Phi) is 3.75. The SMILES string of the molecule is CCCc1nccn1CCn1ccccc1=O. The molecule has 0 aliphatic carbocycles. The fourth-order valence-electron chi connectivity index (χ4n) is 1.86. The minimum atomic E-state index is 0.0460. The van der Waals surface area contributed by atoms with Gasteiger partial charge in [0.05, 0.1) is 0 Å². The smallest absolute Gasteiger partial charge is 0.250 e. The van der Waals surface area contributed by atoms with Gasteiger partial charge in [0.25, 0.3) is 5.56 Å². The molecular formula is C13H17N3O. The van der Waals surface area contributed by atoms with Crippen molar-refractivity contribution in [3.8, 4) is 0 Å². The van der Waals surface area contributed by atoms with Crippen LogP contribution in [0.2, 0.25) is 0 Å². The van der Waals surface area contributed by atoms with Gasteiger partial charge in [-0.15, -0.1) is 0 Å². The predicted octanol–water partition coefficient (Wildman–Crippen LogP) is 1.70. The van der Waals surface area contributed by atoms with Gasteiger partial charge in [0.15, 0.2) is 0 Å². The molecule has 90 valence electrons. The summed E-state index contributed by atoms with van der Waals surface area (Å²) in [6.45, 7) is 3.62. The summed E-state index contributed by atoms with van der Waals surface area (Å²) >= 11 is 0. The molecule has 0 saturated heterocycles. The Labute approximate surface area is 101 Å². The first kappa shape index (κ1) is 11.6. The van der Waals surface area contributed by atoms with Crippen molar-refractivity contribution in [3.05, 3.63) is 53.0 Å². The van der Waals surface area contributed by atoms with E-state index in [0.29, 0.717) is 6.54 Å². The van der Waals surface area contributed by atoms with Crippen molar-refractivity contribution in [1.82, 2.24) is 14.1 Å². The number of nitrogens with zero attached hydrogens (tertiary/aromatic N) is 3. The van der Waals surface area contributed by atoms with Crippen molar-refractivity contribution in [1.29, 1.82) is 0 Å². The van der Waals surface area contributed by atoms with Gasteiger partial charge in [-0.1, -0.05) is 13.0 Å². The molecule has 4 nitrogen and oxygen atoms in total. The second-order valence-electron chi connectivity index (χ2n) is 4.02. The lowest BCUT2D eigenvalue weighted by atomic mass is 10.3. The lowest BCUT2D eigenvalue weighted by molar-refractivity contribution is 0.545. The molecule has 0 radical (unpaired) electrons. The number of pyridine rings is 1. The van der Waals surface area contributed by atoms with Crippen LogP contribution in [0.3, 0.4) is 0 Å². The highest BCUT2D eigenvalue weighted by Crippen LogP contribution is 2.01. The molecule has 2 aromatic heterocycles. The molecule has 0 spiro atoms. The maximum Gasteiger partial charge on any atom is 0.250 e. The summed E-state index contributed by atoms with van der Waals surface area (Å²) in [4.78, 5) is 15.8. The Balaban J connectivity index is 2.05. The monoisotopic (exact) mass is 231 g/mol. The average Bonchev–Trinajstić information content (AvgIpc) is 2.76. The normalized spacial score (nSPS) is 10.6. The molecule has 4 heteroatoms. The Morgan fingerprint density at radius 2 is 2.00 bits per heavy atom. The molecular weight excluding hydrogens is 214 g/mol. The second-order valence-corrected chi connectivity index (χ2v) is 4.02. The van der Waals surface area contributed by atoms with Gasteiger partial charge < -0.3 is 9.13 Å². The minimum absolute atomic E-state index is 0.0460. The molecule has 17 heavy (non-hydrogen) atoms. The molecule has 2 heterocycles. The van der Waals surface area contributed by atoms with E-state index in [1.165, 1.54) is 0 Å². The fraction of sp³-hybridized carbons (Fsp3) is 0.385. The van der Waals surface area contributed by atoms with E-state index in [0.717, 1.165) is 25.2 Å². The number of aromatic nitrogens is 3. The molecule has 2 rings (SSSR count). The van der Waals surface area contributed by atoms with Crippen molar-refractivity contribution in [2.75, 3.05) is 0 Å².